The molecule has 4 heteroatoms. The quantitative estimate of drug-likeness (QED) is 0.496. The van der Waals surface area contributed by atoms with Gasteiger partial charge < -0.3 is 10.5 Å². The molecule has 0 aromatic rings. The molecule has 0 fully saturated rings. The normalized spacial score (nSPS) is 7.12. The Labute approximate surface area is 53.2 Å². The van der Waals surface area contributed by atoms with Crippen molar-refractivity contribution >= 4 is 17.1 Å². The molecule has 0 heterocycles. The number of primary amides is 1. The Kier molecular flexibility index (Phi) is 8.49. The third kappa shape index (κ3) is 9.09. The smallest absolute Gasteiger partial charge is 0.404 e. The standard InChI is InChI=1S/C4H9NO2.H4Si/c1-2-3-7-4(5)6;/h2-3H2,1H3,(H2,5,6);1H4. The maximum absolute atomic E-state index is 9.76. The monoisotopic (exact) mass is 135 g/mol. The zero-order chi connectivity index (χ0) is 5.70. The average Bonchev–Trinajstić information content (AvgIpc) is 1.61. The van der Waals surface area contributed by atoms with Crippen molar-refractivity contribution in [1.29, 1.82) is 0 Å². The Bertz CT molecular complexity index is 67.1. The molecule has 0 bridgehead atoms. The van der Waals surface area contributed by atoms with Gasteiger partial charge in [-0.1, -0.05) is 6.92 Å². The summed E-state index contributed by atoms with van der Waals surface area (Å²) in [5.41, 5.74) is 4.62. The predicted molar refractivity (Wildman–Crippen MR) is 37.2 cm³/mol. The zero-order valence-corrected chi connectivity index (χ0v) is 4.31. The van der Waals surface area contributed by atoms with Crippen LogP contribution in [-0.4, -0.2) is 23.7 Å². The number of hydrogen-bond acceptors (Lipinski definition) is 2. The van der Waals surface area contributed by atoms with E-state index >= 15 is 0 Å². The summed E-state index contributed by atoms with van der Waals surface area (Å²) in [4.78, 5) is 9.76. The van der Waals surface area contributed by atoms with Crippen LogP contribution in [0.25, 0.3) is 0 Å². The van der Waals surface area contributed by atoms with Gasteiger partial charge in [0.25, 0.3) is 0 Å². The minimum atomic E-state index is -0.693. The second-order valence-corrected chi connectivity index (χ2v) is 1.17. The van der Waals surface area contributed by atoms with Crippen molar-refractivity contribution < 1.29 is 9.53 Å². The first-order chi connectivity index (χ1) is 3.27. The summed E-state index contributed by atoms with van der Waals surface area (Å²) in [5.74, 6) is 0. The first-order valence-electron chi connectivity index (χ1n) is 2.19. The van der Waals surface area contributed by atoms with Crippen LogP contribution in [0.1, 0.15) is 13.3 Å². The molecule has 1 amide bonds. The highest BCUT2D eigenvalue weighted by atomic mass is 28.1. The number of rotatable bonds is 2. The lowest BCUT2D eigenvalue weighted by atomic mass is 10.5. The minimum absolute atomic E-state index is 0. The van der Waals surface area contributed by atoms with Crippen LogP contribution in [0.2, 0.25) is 0 Å². The van der Waals surface area contributed by atoms with Crippen molar-refractivity contribution in [3.63, 3.8) is 0 Å². The number of hydrogen-bond donors (Lipinski definition) is 1. The van der Waals surface area contributed by atoms with Gasteiger partial charge in [-0.2, -0.15) is 0 Å². The Morgan fingerprint density at radius 3 is 2.38 bits per heavy atom. The second kappa shape index (κ2) is 6.49. The van der Waals surface area contributed by atoms with E-state index in [1.165, 1.54) is 0 Å². The van der Waals surface area contributed by atoms with E-state index in [4.69, 9.17) is 0 Å². The molecule has 0 rings (SSSR count). The van der Waals surface area contributed by atoms with Crippen LogP contribution in [0.15, 0.2) is 0 Å². The lowest BCUT2D eigenvalue weighted by Crippen LogP contribution is -2.12. The fourth-order valence-electron chi connectivity index (χ4n) is 0.203. The van der Waals surface area contributed by atoms with E-state index in [1.807, 2.05) is 6.92 Å². The molecule has 0 saturated heterocycles. The lowest BCUT2D eigenvalue weighted by Gasteiger charge is -1.93. The van der Waals surface area contributed by atoms with Crippen molar-refractivity contribution in [2.24, 2.45) is 5.73 Å². The number of nitrogens with two attached hydrogens (primary N) is 1. The molecule has 0 aliphatic carbocycles. The van der Waals surface area contributed by atoms with Crippen molar-refractivity contribution in [2.75, 3.05) is 6.61 Å². The first-order valence-corrected chi connectivity index (χ1v) is 2.19. The predicted octanol–water partition coefficient (Wildman–Crippen LogP) is -0.960. The van der Waals surface area contributed by atoms with E-state index < -0.39 is 6.09 Å². The fraction of sp³-hybridized carbons (Fsp3) is 0.750. The van der Waals surface area contributed by atoms with Crippen LogP contribution in [0.3, 0.4) is 0 Å². The fourth-order valence-corrected chi connectivity index (χ4v) is 0.203. The minimum Gasteiger partial charge on any atom is -0.450 e. The van der Waals surface area contributed by atoms with Gasteiger partial charge >= 0.3 is 6.09 Å². The Balaban J connectivity index is 0. The molecule has 3 nitrogen and oxygen atoms in total. The van der Waals surface area contributed by atoms with Crippen LogP contribution in [0.5, 0.6) is 0 Å². The maximum Gasteiger partial charge on any atom is 0.404 e. The van der Waals surface area contributed by atoms with Gasteiger partial charge in [0.1, 0.15) is 0 Å². The molecular formula is C4H13NO2Si. The van der Waals surface area contributed by atoms with Gasteiger partial charge in [0.05, 0.1) is 6.61 Å². The lowest BCUT2D eigenvalue weighted by molar-refractivity contribution is 0.157. The topological polar surface area (TPSA) is 52.3 Å². The highest BCUT2D eigenvalue weighted by Crippen LogP contribution is 1.76. The molecule has 0 aromatic heterocycles. The van der Waals surface area contributed by atoms with E-state index in [-0.39, 0.29) is 11.0 Å². The molecule has 0 unspecified atom stereocenters. The highest BCUT2D eigenvalue weighted by Gasteiger charge is 1.86. The van der Waals surface area contributed by atoms with Gasteiger partial charge in [0, 0.05) is 0 Å². The van der Waals surface area contributed by atoms with Crippen molar-refractivity contribution in [1.82, 2.24) is 0 Å². The van der Waals surface area contributed by atoms with E-state index in [1.54, 1.807) is 0 Å². The van der Waals surface area contributed by atoms with Crippen LogP contribution in [0, 0.1) is 0 Å². The van der Waals surface area contributed by atoms with Crippen LogP contribution in [-0.2, 0) is 4.74 Å². The number of ether oxygens (including phenoxy) is 1. The summed E-state index contributed by atoms with van der Waals surface area (Å²) < 4.78 is 4.33. The molecule has 0 atom stereocenters. The first kappa shape index (κ1) is 10.5. The van der Waals surface area contributed by atoms with Crippen molar-refractivity contribution in [3.05, 3.63) is 0 Å². The van der Waals surface area contributed by atoms with Gasteiger partial charge in [-0.25, -0.2) is 4.79 Å². The largest absolute Gasteiger partial charge is 0.450 e. The molecule has 8 heavy (non-hydrogen) atoms. The summed E-state index contributed by atoms with van der Waals surface area (Å²) >= 11 is 0. The molecule has 50 valence electrons. The Morgan fingerprint density at radius 2 is 2.25 bits per heavy atom. The maximum atomic E-state index is 9.76. The molecule has 0 aromatic carbocycles. The summed E-state index contributed by atoms with van der Waals surface area (Å²) in [6.45, 7) is 2.33. The number of amides is 1. The van der Waals surface area contributed by atoms with Crippen molar-refractivity contribution in [2.45, 2.75) is 13.3 Å². The second-order valence-electron chi connectivity index (χ2n) is 1.17. The van der Waals surface area contributed by atoms with Gasteiger partial charge in [0.2, 0.25) is 0 Å². The molecule has 0 radical (unpaired) electrons. The van der Waals surface area contributed by atoms with Gasteiger partial charge in [0.15, 0.2) is 0 Å². The Hall–Kier alpha value is -0.513. The molecule has 0 aliphatic rings. The summed E-state index contributed by atoms with van der Waals surface area (Å²) in [6, 6.07) is 0. The summed E-state index contributed by atoms with van der Waals surface area (Å²) in [6.07, 6.45) is 0.130. The van der Waals surface area contributed by atoms with Gasteiger partial charge in [-0.15, -0.1) is 0 Å². The number of carbonyl (C=O) groups is 1. The van der Waals surface area contributed by atoms with Gasteiger partial charge in [-0.05, 0) is 17.4 Å². The third-order valence-electron chi connectivity index (χ3n) is 0.448. The van der Waals surface area contributed by atoms with Crippen LogP contribution in [0.4, 0.5) is 4.79 Å². The highest BCUT2D eigenvalue weighted by molar-refractivity contribution is 5.75. The molecule has 0 saturated carbocycles. The van der Waals surface area contributed by atoms with Crippen LogP contribution >= 0.6 is 0 Å². The third-order valence-corrected chi connectivity index (χ3v) is 0.448. The molecule has 0 spiro atoms. The van der Waals surface area contributed by atoms with E-state index in [0.29, 0.717) is 6.61 Å². The van der Waals surface area contributed by atoms with E-state index in [9.17, 15) is 4.79 Å². The number of carbonyl (C=O) groups excluding carboxylic acids is 1. The van der Waals surface area contributed by atoms with Crippen molar-refractivity contribution in [3.8, 4) is 0 Å². The van der Waals surface area contributed by atoms with E-state index in [2.05, 4.69) is 10.5 Å². The summed E-state index contributed by atoms with van der Waals surface area (Å²) in [7, 11) is 0. The molecule has 0 aliphatic heterocycles. The zero-order valence-electron chi connectivity index (χ0n) is 4.31. The average molecular weight is 135 g/mol. The van der Waals surface area contributed by atoms with Crippen LogP contribution < -0.4 is 5.73 Å². The molecular weight excluding hydrogens is 122 g/mol. The Morgan fingerprint density at radius 1 is 1.75 bits per heavy atom. The summed E-state index contributed by atoms with van der Waals surface area (Å²) in [5, 5.41) is 0. The molecule has 2 N–H and O–H groups in total. The van der Waals surface area contributed by atoms with E-state index in [0.717, 1.165) is 6.42 Å². The van der Waals surface area contributed by atoms with Gasteiger partial charge in [-0.3, -0.25) is 0 Å². The SMILES string of the molecule is CCCOC(N)=O.[SiH4].